The molecule has 1 fully saturated rings. The van der Waals surface area contributed by atoms with Crippen molar-refractivity contribution in [2.75, 3.05) is 5.32 Å². The SMILES string of the molecule is CC(=O)Nc1ccc(/C=C2\SC(=Nc3cccc(C(F)(F)F)c3)NC2=O)cc1. The lowest BCUT2D eigenvalue weighted by atomic mass is 10.2. The lowest BCUT2D eigenvalue weighted by Gasteiger charge is -2.06. The van der Waals surface area contributed by atoms with Gasteiger partial charge in [0.1, 0.15) is 0 Å². The number of halogens is 3. The van der Waals surface area contributed by atoms with Crippen molar-refractivity contribution in [3.05, 3.63) is 64.6 Å². The second kappa shape index (κ2) is 7.89. The van der Waals surface area contributed by atoms with Gasteiger partial charge < -0.3 is 10.6 Å². The average molecular weight is 405 g/mol. The van der Waals surface area contributed by atoms with Gasteiger partial charge in [0.15, 0.2) is 5.17 Å². The number of thioether (sulfide) groups is 1. The minimum absolute atomic E-state index is 0.0959. The Balaban J connectivity index is 1.77. The van der Waals surface area contributed by atoms with Crippen LogP contribution in [-0.2, 0) is 15.8 Å². The van der Waals surface area contributed by atoms with Crippen molar-refractivity contribution in [3.63, 3.8) is 0 Å². The Morgan fingerprint density at radius 1 is 1.18 bits per heavy atom. The van der Waals surface area contributed by atoms with E-state index >= 15 is 0 Å². The van der Waals surface area contributed by atoms with Gasteiger partial charge in [0, 0.05) is 12.6 Å². The number of nitrogens with one attached hydrogen (secondary N) is 2. The molecule has 1 aliphatic rings. The number of carbonyl (C=O) groups is 2. The highest BCUT2D eigenvalue weighted by atomic mass is 32.2. The fraction of sp³-hybridized carbons (Fsp3) is 0.105. The van der Waals surface area contributed by atoms with Gasteiger partial charge in [-0.05, 0) is 53.7 Å². The van der Waals surface area contributed by atoms with E-state index in [0.29, 0.717) is 10.6 Å². The van der Waals surface area contributed by atoms with Crippen LogP contribution in [0, 0.1) is 0 Å². The highest BCUT2D eigenvalue weighted by Crippen LogP contribution is 2.33. The maximum Gasteiger partial charge on any atom is 0.416 e. The first-order valence-electron chi connectivity index (χ1n) is 8.05. The second-order valence-electron chi connectivity index (χ2n) is 5.83. The molecule has 0 radical (unpaired) electrons. The molecule has 2 aromatic carbocycles. The summed E-state index contributed by atoms with van der Waals surface area (Å²) in [6.45, 7) is 1.40. The Hall–Kier alpha value is -3.07. The number of aliphatic imine (C=N–C) groups is 1. The molecule has 2 aromatic rings. The summed E-state index contributed by atoms with van der Waals surface area (Å²) in [7, 11) is 0. The molecule has 0 aromatic heterocycles. The fourth-order valence-corrected chi connectivity index (χ4v) is 3.21. The van der Waals surface area contributed by atoms with Crippen LogP contribution in [-0.4, -0.2) is 17.0 Å². The number of nitrogens with zero attached hydrogens (tertiary/aromatic N) is 1. The summed E-state index contributed by atoms with van der Waals surface area (Å²) in [5.74, 6) is -0.575. The zero-order valence-corrected chi connectivity index (χ0v) is 15.3. The van der Waals surface area contributed by atoms with Crippen molar-refractivity contribution in [1.29, 1.82) is 0 Å². The van der Waals surface area contributed by atoms with Gasteiger partial charge in [-0.1, -0.05) is 18.2 Å². The standard InChI is InChI=1S/C19H14F3N3O2S/c1-11(26)23-14-7-5-12(6-8-14)9-16-17(27)25-18(28-16)24-15-4-2-3-13(10-15)19(20,21)22/h2-10H,1H3,(H,23,26)(H,24,25,27)/b16-9-. The van der Waals surface area contributed by atoms with E-state index in [0.717, 1.165) is 29.5 Å². The first kappa shape index (κ1) is 19.7. The minimum atomic E-state index is -4.46. The summed E-state index contributed by atoms with van der Waals surface area (Å²) in [4.78, 5) is 27.6. The van der Waals surface area contributed by atoms with Gasteiger partial charge in [-0.25, -0.2) is 4.99 Å². The van der Waals surface area contributed by atoms with E-state index in [-0.39, 0.29) is 22.7 Å². The maximum absolute atomic E-state index is 12.8. The van der Waals surface area contributed by atoms with Crippen LogP contribution in [0.3, 0.4) is 0 Å². The van der Waals surface area contributed by atoms with Crippen LogP contribution in [0.5, 0.6) is 0 Å². The lowest BCUT2D eigenvalue weighted by Crippen LogP contribution is -2.19. The van der Waals surface area contributed by atoms with Gasteiger partial charge in [-0.15, -0.1) is 0 Å². The van der Waals surface area contributed by atoms with E-state index in [2.05, 4.69) is 15.6 Å². The van der Waals surface area contributed by atoms with Crippen molar-refractivity contribution in [3.8, 4) is 0 Å². The molecule has 1 aliphatic heterocycles. The molecule has 28 heavy (non-hydrogen) atoms. The molecule has 9 heteroatoms. The number of anilines is 1. The van der Waals surface area contributed by atoms with Crippen molar-refractivity contribution in [2.45, 2.75) is 13.1 Å². The maximum atomic E-state index is 12.8. The van der Waals surface area contributed by atoms with Crippen molar-refractivity contribution in [1.82, 2.24) is 5.32 Å². The third kappa shape index (κ3) is 5.01. The van der Waals surface area contributed by atoms with Crippen LogP contribution in [0.2, 0.25) is 0 Å². The lowest BCUT2D eigenvalue weighted by molar-refractivity contribution is -0.137. The van der Waals surface area contributed by atoms with Crippen molar-refractivity contribution in [2.24, 2.45) is 4.99 Å². The number of carbonyl (C=O) groups excluding carboxylic acids is 2. The van der Waals surface area contributed by atoms with Crippen LogP contribution in [0.25, 0.3) is 6.08 Å². The Kier molecular flexibility index (Phi) is 5.55. The Bertz CT molecular complexity index is 983. The van der Waals surface area contributed by atoms with E-state index in [1.54, 1.807) is 30.3 Å². The molecule has 3 rings (SSSR count). The van der Waals surface area contributed by atoms with Crippen molar-refractivity contribution < 1.29 is 22.8 Å². The summed E-state index contributed by atoms with van der Waals surface area (Å²) in [5.41, 5.74) is 0.647. The first-order chi connectivity index (χ1) is 13.2. The van der Waals surface area contributed by atoms with E-state index in [4.69, 9.17) is 0 Å². The molecule has 1 saturated heterocycles. The zero-order valence-electron chi connectivity index (χ0n) is 14.5. The molecule has 0 bridgehead atoms. The average Bonchev–Trinajstić information content (AvgIpc) is 2.95. The molecule has 1 heterocycles. The molecule has 0 aliphatic carbocycles. The van der Waals surface area contributed by atoms with Gasteiger partial charge in [-0.3, -0.25) is 9.59 Å². The van der Waals surface area contributed by atoms with E-state index in [1.807, 2.05) is 0 Å². The van der Waals surface area contributed by atoms with Gasteiger partial charge in [0.05, 0.1) is 16.2 Å². The number of alkyl halides is 3. The summed E-state index contributed by atoms with van der Waals surface area (Å²) >= 11 is 1.04. The third-order valence-corrected chi connectivity index (χ3v) is 4.49. The van der Waals surface area contributed by atoms with Gasteiger partial charge in [0.2, 0.25) is 5.91 Å². The summed E-state index contributed by atoms with van der Waals surface area (Å²) < 4.78 is 38.4. The van der Waals surface area contributed by atoms with Crippen LogP contribution in [0.15, 0.2) is 58.4 Å². The quantitative estimate of drug-likeness (QED) is 0.736. The van der Waals surface area contributed by atoms with Crippen LogP contribution < -0.4 is 10.6 Å². The molecule has 5 nitrogen and oxygen atoms in total. The second-order valence-corrected chi connectivity index (χ2v) is 6.86. The van der Waals surface area contributed by atoms with Crippen LogP contribution in [0.1, 0.15) is 18.1 Å². The molecule has 0 spiro atoms. The van der Waals surface area contributed by atoms with Gasteiger partial charge in [-0.2, -0.15) is 13.2 Å². The van der Waals surface area contributed by atoms with E-state index in [1.165, 1.54) is 19.1 Å². The summed E-state index contributed by atoms with van der Waals surface area (Å²) in [5, 5.41) is 5.38. The predicted molar refractivity (Wildman–Crippen MR) is 103 cm³/mol. The number of amides is 2. The highest BCUT2D eigenvalue weighted by Gasteiger charge is 2.30. The van der Waals surface area contributed by atoms with E-state index < -0.39 is 11.7 Å². The molecular weight excluding hydrogens is 391 g/mol. The molecule has 2 amide bonds. The molecule has 2 N–H and O–H groups in total. The summed E-state index contributed by atoms with van der Waals surface area (Å²) in [6, 6.07) is 11.4. The molecule has 144 valence electrons. The number of rotatable bonds is 3. The van der Waals surface area contributed by atoms with Crippen LogP contribution >= 0.6 is 11.8 Å². The topological polar surface area (TPSA) is 70.6 Å². The number of benzene rings is 2. The Morgan fingerprint density at radius 3 is 2.54 bits per heavy atom. The van der Waals surface area contributed by atoms with Gasteiger partial charge in [0.25, 0.3) is 5.91 Å². The zero-order chi connectivity index (χ0) is 20.3. The predicted octanol–water partition coefficient (Wildman–Crippen LogP) is 4.56. The third-order valence-electron chi connectivity index (χ3n) is 3.58. The number of hydrogen-bond acceptors (Lipinski definition) is 4. The first-order valence-corrected chi connectivity index (χ1v) is 8.87. The minimum Gasteiger partial charge on any atom is -0.326 e. The molecule has 0 saturated carbocycles. The fourth-order valence-electron chi connectivity index (χ4n) is 2.37. The number of hydrogen-bond donors (Lipinski definition) is 2. The normalized spacial score (nSPS) is 17.1. The molecule has 0 unspecified atom stereocenters. The summed E-state index contributed by atoms with van der Waals surface area (Å²) in [6.07, 6.45) is -2.83. The van der Waals surface area contributed by atoms with Gasteiger partial charge >= 0.3 is 6.18 Å². The molecule has 0 atom stereocenters. The monoisotopic (exact) mass is 405 g/mol. The van der Waals surface area contributed by atoms with E-state index in [9.17, 15) is 22.8 Å². The smallest absolute Gasteiger partial charge is 0.326 e. The highest BCUT2D eigenvalue weighted by molar-refractivity contribution is 8.18. The molecular formula is C19H14F3N3O2S. The largest absolute Gasteiger partial charge is 0.416 e. The Morgan fingerprint density at radius 2 is 1.89 bits per heavy atom. The number of amidine groups is 1. The Labute approximate surface area is 162 Å². The van der Waals surface area contributed by atoms with Crippen LogP contribution in [0.4, 0.5) is 24.5 Å². The van der Waals surface area contributed by atoms with Crippen molar-refractivity contribution >= 4 is 46.2 Å².